The maximum absolute atomic E-state index is 2.46. The molecule has 0 N–H and O–H groups in total. The molecule has 0 atom stereocenters. The Morgan fingerprint density at radius 3 is 0.829 bits per heavy atom. The minimum Gasteiger partial charge on any atom is -0.310 e. The summed E-state index contributed by atoms with van der Waals surface area (Å²) in [5.41, 5.74) is 25.2. The van der Waals surface area contributed by atoms with Gasteiger partial charge in [0.05, 0.1) is 0 Å². The summed E-state index contributed by atoms with van der Waals surface area (Å²) in [5, 5.41) is 0. The van der Waals surface area contributed by atoms with Gasteiger partial charge >= 0.3 is 0 Å². The largest absolute Gasteiger partial charge is 0.310 e. The monoisotopic (exact) mass is 981 g/mol. The predicted molar refractivity (Wildman–Crippen MR) is 326 cm³/mol. The quantitative estimate of drug-likeness (QED) is 0.0945. The van der Waals surface area contributed by atoms with Crippen molar-refractivity contribution in [2.24, 2.45) is 0 Å². The third-order valence-corrected chi connectivity index (χ3v) is 16.8. The average molecular weight is 981 g/mol. The van der Waals surface area contributed by atoms with E-state index in [4.69, 9.17) is 0 Å². The van der Waals surface area contributed by atoms with Gasteiger partial charge in [-0.1, -0.05) is 222 Å². The number of rotatable bonds is 15. The van der Waals surface area contributed by atoms with Gasteiger partial charge in [-0.2, -0.15) is 0 Å². The molecule has 10 aromatic rings. The van der Waals surface area contributed by atoms with Gasteiger partial charge in [0.1, 0.15) is 0 Å². The zero-order valence-corrected chi connectivity index (χ0v) is 44.1. The standard InChI is InChI=1S/C74H64N2/c1-5-73(6-2)69-49-55(37-45-65(69)67-47-43-63(51-71(67)73)75(59-21-13-9-14-22-59)60-23-15-10-16-24-60)31-29-53-33-39-57(40-34-53)58-41-35-54(36-42-58)30-32-56-38-46-66-68-48-44-64(52-72(68)74(7-3,8-4)70(66)50-56)76(61-25-17-11-18-26-61)62-27-19-12-20-28-62/h9-52H,5-8H2,1-4H3/b31-29+,32-30+. The van der Waals surface area contributed by atoms with Gasteiger partial charge in [0, 0.05) is 45.0 Å². The first-order valence-corrected chi connectivity index (χ1v) is 27.4. The summed E-state index contributed by atoms with van der Waals surface area (Å²) < 4.78 is 0. The summed E-state index contributed by atoms with van der Waals surface area (Å²) in [5.74, 6) is 0. The van der Waals surface area contributed by atoms with Crippen LogP contribution in [0.1, 0.15) is 97.9 Å². The zero-order chi connectivity index (χ0) is 51.6. The molecular formula is C74H64N2. The molecule has 0 aromatic heterocycles. The van der Waals surface area contributed by atoms with Crippen molar-refractivity contribution >= 4 is 58.4 Å². The van der Waals surface area contributed by atoms with Crippen LogP contribution in [-0.4, -0.2) is 0 Å². The van der Waals surface area contributed by atoms with E-state index in [0.717, 1.165) is 48.4 Å². The molecule has 0 radical (unpaired) electrons. The molecule has 0 bridgehead atoms. The molecule has 2 aliphatic carbocycles. The van der Waals surface area contributed by atoms with Gasteiger partial charge in [0.15, 0.2) is 0 Å². The molecule has 0 saturated carbocycles. The summed E-state index contributed by atoms with van der Waals surface area (Å²) in [4.78, 5) is 4.76. The van der Waals surface area contributed by atoms with E-state index in [-0.39, 0.29) is 10.8 Å². The third-order valence-electron chi connectivity index (χ3n) is 16.8. The number of fused-ring (bicyclic) bond motifs is 6. The lowest BCUT2D eigenvalue weighted by atomic mass is 9.73. The van der Waals surface area contributed by atoms with Crippen LogP contribution >= 0.6 is 0 Å². The lowest BCUT2D eigenvalue weighted by molar-refractivity contribution is 0.490. The molecule has 0 spiro atoms. The normalized spacial score (nSPS) is 13.6. The summed E-state index contributed by atoms with van der Waals surface area (Å²) in [6.07, 6.45) is 13.2. The number of para-hydroxylation sites is 4. The fraction of sp³-hybridized carbons (Fsp3) is 0.135. The van der Waals surface area contributed by atoms with Gasteiger partial charge in [-0.05, 0) is 176 Å². The first-order valence-electron chi connectivity index (χ1n) is 27.4. The summed E-state index contributed by atoms with van der Waals surface area (Å²) >= 11 is 0. The van der Waals surface area contributed by atoms with Crippen LogP contribution in [0.4, 0.5) is 34.1 Å². The van der Waals surface area contributed by atoms with Crippen LogP contribution in [0.3, 0.4) is 0 Å². The van der Waals surface area contributed by atoms with Crippen LogP contribution in [-0.2, 0) is 10.8 Å². The first kappa shape index (κ1) is 48.2. The van der Waals surface area contributed by atoms with Crippen LogP contribution in [0.5, 0.6) is 0 Å². The van der Waals surface area contributed by atoms with Gasteiger partial charge in [0.25, 0.3) is 0 Å². The minimum absolute atomic E-state index is 0.0663. The van der Waals surface area contributed by atoms with Crippen molar-refractivity contribution in [2.75, 3.05) is 9.80 Å². The van der Waals surface area contributed by atoms with Crippen molar-refractivity contribution in [1.29, 1.82) is 0 Å². The molecule has 12 rings (SSSR count). The second-order valence-corrected chi connectivity index (χ2v) is 20.6. The molecule has 0 amide bonds. The minimum atomic E-state index is -0.0663. The highest BCUT2D eigenvalue weighted by Gasteiger charge is 2.42. The van der Waals surface area contributed by atoms with Gasteiger partial charge < -0.3 is 9.80 Å². The van der Waals surface area contributed by atoms with E-state index >= 15 is 0 Å². The molecule has 370 valence electrons. The van der Waals surface area contributed by atoms with E-state index in [1.54, 1.807) is 0 Å². The number of anilines is 6. The predicted octanol–water partition coefficient (Wildman–Crippen LogP) is 20.8. The lowest BCUT2D eigenvalue weighted by Crippen LogP contribution is -2.23. The van der Waals surface area contributed by atoms with Crippen LogP contribution < -0.4 is 9.80 Å². The molecule has 2 aliphatic rings. The van der Waals surface area contributed by atoms with Crippen LogP contribution in [0, 0.1) is 0 Å². The highest BCUT2D eigenvalue weighted by Crippen LogP contribution is 2.56. The van der Waals surface area contributed by atoms with Crippen molar-refractivity contribution in [2.45, 2.75) is 64.2 Å². The van der Waals surface area contributed by atoms with E-state index in [1.165, 1.54) is 89.3 Å². The van der Waals surface area contributed by atoms with E-state index in [9.17, 15) is 0 Å². The number of hydrogen-bond acceptors (Lipinski definition) is 2. The van der Waals surface area contributed by atoms with E-state index < -0.39 is 0 Å². The Kier molecular flexibility index (Phi) is 13.0. The molecule has 76 heavy (non-hydrogen) atoms. The van der Waals surface area contributed by atoms with Gasteiger partial charge in [0.2, 0.25) is 0 Å². The molecule has 10 aromatic carbocycles. The Hall–Kier alpha value is -8.72. The van der Waals surface area contributed by atoms with Crippen molar-refractivity contribution in [3.8, 4) is 33.4 Å². The van der Waals surface area contributed by atoms with Crippen LogP contribution in [0.25, 0.3) is 57.7 Å². The van der Waals surface area contributed by atoms with Crippen LogP contribution in [0.15, 0.2) is 243 Å². The van der Waals surface area contributed by atoms with Crippen LogP contribution in [0.2, 0.25) is 0 Å². The molecule has 0 saturated heterocycles. The van der Waals surface area contributed by atoms with Crippen molar-refractivity contribution < 1.29 is 0 Å². The number of hydrogen-bond donors (Lipinski definition) is 0. The first-order chi connectivity index (χ1) is 37.4. The van der Waals surface area contributed by atoms with E-state index in [1.807, 2.05) is 0 Å². The Labute approximate surface area is 450 Å². The summed E-state index contributed by atoms with van der Waals surface area (Å²) in [6.45, 7) is 9.42. The van der Waals surface area contributed by atoms with Gasteiger partial charge in [-0.25, -0.2) is 0 Å². The smallest absolute Gasteiger partial charge is 0.0465 e. The Morgan fingerprint density at radius 1 is 0.263 bits per heavy atom. The molecule has 2 nitrogen and oxygen atoms in total. The van der Waals surface area contributed by atoms with E-state index in [0.29, 0.717) is 0 Å². The number of benzene rings is 10. The number of nitrogens with zero attached hydrogens (tertiary/aromatic N) is 2. The van der Waals surface area contributed by atoms with Crippen molar-refractivity contribution in [3.63, 3.8) is 0 Å². The summed E-state index contributed by atoms with van der Waals surface area (Å²) in [7, 11) is 0. The molecule has 0 fully saturated rings. The second-order valence-electron chi connectivity index (χ2n) is 20.6. The van der Waals surface area contributed by atoms with Gasteiger partial charge in [-0.15, -0.1) is 0 Å². The SMILES string of the molecule is CCC1(CC)c2cc(/C=C/c3ccc(-c4ccc(/C=C/c5ccc6c(c5)C(CC)(CC)c5cc(N(c7ccccc7)c7ccccc7)ccc5-6)cc4)cc3)ccc2-c2ccc(N(c3ccccc3)c3ccccc3)cc21. The Morgan fingerprint density at radius 2 is 0.526 bits per heavy atom. The van der Waals surface area contributed by atoms with E-state index in [2.05, 4.69) is 304 Å². The fourth-order valence-electron chi connectivity index (χ4n) is 12.7. The Balaban J connectivity index is 0.745. The fourth-order valence-corrected chi connectivity index (χ4v) is 12.7. The topological polar surface area (TPSA) is 6.48 Å². The van der Waals surface area contributed by atoms with Crippen molar-refractivity contribution in [3.05, 3.63) is 287 Å². The average Bonchev–Trinajstić information content (AvgIpc) is 3.96. The van der Waals surface area contributed by atoms with Crippen molar-refractivity contribution in [1.82, 2.24) is 0 Å². The molecule has 0 heterocycles. The molecular weight excluding hydrogens is 917 g/mol. The summed E-state index contributed by atoms with van der Waals surface area (Å²) in [6, 6.07) is 89.2. The highest BCUT2D eigenvalue weighted by atomic mass is 15.1. The molecule has 0 aliphatic heterocycles. The second kappa shape index (κ2) is 20.5. The maximum Gasteiger partial charge on any atom is 0.0465 e. The maximum atomic E-state index is 2.46. The lowest BCUT2D eigenvalue weighted by Gasteiger charge is -2.32. The zero-order valence-electron chi connectivity index (χ0n) is 44.1. The highest BCUT2D eigenvalue weighted by molar-refractivity contribution is 5.89. The molecule has 2 heteroatoms. The third kappa shape index (κ3) is 8.58. The molecule has 0 unspecified atom stereocenters. The van der Waals surface area contributed by atoms with Gasteiger partial charge in [-0.3, -0.25) is 0 Å². The Bertz CT molecular complexity index is 3390.